The van der Waals surface area contributed by atoms with Crippen LogP contribution in [0, 0.1) is 6.92 Å². The van der Waals surface area contributed by atoms with Gasteiger partial charge >= 0.3 is 0 Å². The van der Waals surface area contributed by atoms with E-state index < -0.39 is 66.5 Å². The van der Waals surface area contributed by atoms with Gasteiger partial charge in [-0.2, -0.15) is 0 Å². The van der Waals surface area contributed by atoms with E-state index in [1.54, 1.807) is 26.8 Å². The van der Waals surface area contributed by atoms with Gasteiger partial charge in [-0.15, -0.1) is 0 Å². The molecule has 0 amide bonds. The van der Waals surface area contributed by atoms with Crippen LogP contribution in [0.3, 0.4) is 0 Å². The van der Waals surface area contributed by atoms with Crippen molar-refractivity contribution in [3.63, 3.8) is 0 Å². The summed E-state index contributed by atoms with van der Waals surface area (Å²) in [4.78, 5) is 27.8. The van der Waals surface area contributed by atoms with E-state index in [4.69, 9.17) is 18.9 Å². The zero-order chi connectivity index (χ0) is 30.0. The highest BCUT2D eigenvalue weighted by Gasteiger charge is 2.45. The maximum Gasteiger partial charge on any atom is 0.202 e. The average molecular weight is 583 g/mol. The van der Waals surface area contributed by atoms with Crippen LogP contribution in [0.25, 0.3) is 5.57 Å². The van der Waals surface area contributed by atoms with Gasteiger partial charge in [-0.3, -0.25) is 9.59 Å². The number of benzene rings is 2. The molecule has 0 spiro atoms. The Balaban J connectivity index is 1.31. The summed E-state index contributed by atoms with van der Waals surface area (Å²) in [5.41, 5.74) is 0.595. The number of carbonyl (C=O) groups excluding carboxylic acids is 2. The number of carbonyl (C=O) groups is 2. The number of phenolic OH excluding ortho intramolecular Hbond substituents is 2. The van der Waals surface area contributed by atoms with Gasteiger partial charge in [0.05, 0.1) is 41.6 Å². The summed E-state index contributed by atoms with van der Waals surface area (Å²) >= 11 is 0. The number of allylic oxidation sites excluding steroid dienone is 1. The predicted molar refractivity (Wildman–Crippen MR) is 146 cm³/mol. The molecule has 6 rings (SSSR count). The van der Waals surface area contributed by atoms with Crippen LogP contribution < -0.4 is 4.74 Å². The molecule has 5 N–H and O–H groups in total. The molecule has 2 saturated heterocycles. The van der Waals surface area contributed by atoms with Crippen molar-refractivity contribution in [2.45, 2.75) is 95.7 Å². The molecule has 2 heterocycles. The average Bonchev–Trinajstić information content (AvgIpc) is 2.92. The first-order chi connectivity index (χ1) is 19.9. The van der Waals surface area contributed by atoms with E-state index in [-0.39, 0.29) is 52.2 Å². The van der Waals surface area contributed by atoms with Crippen LogP contribution in [0.2, 0.25) is 0 Å². The zero-order valence-electron chi connectivity index (χ0n) is 23.4. The summed E-state index contributed by atoms with van der Waals surface area (Å²) in [5.74, 6) is -2.11. The molecule has 0 radical (unpaired) electrons. The first-order valence-corrected chi connectivity index (χ1v) is 14.1. The van der Waals surface area contributed by atoms with Crippen LogP contribution in [0.5, 0.6) is 17.2 Å². The number of aliphatic hydroxyl groups excluding tert-OH is 3. The fourth-order valence-electron chi connectivity index (χ4n) is 6.38. The van der Waals surface area contributed by atoms with Gasteiger partial charge in [0.2, 0.25) is 6.29 Å². The number of ketones is 2. The van der Waals surface area contributed by atoms with Crippen molar-refractivity contribution in [1.29, 1.82) is 0 Å². The Kier molecular flexibility index (Phi) is 7.37. The molecular weight excluding hydrogens is 548 g/mol. The Bertz CT molecular complexity index is 1480. The lowest BCUT2D eigenvalue weighted by Gasteiger charge is -2.41. The number of rotatable bonds is 4. The monoisotopic (exact) mass is 582 g/mol. The lowest BCUT2D eigenvalue weighted by Crippen LogP contribution is -2.52. The largest absolute Gasteiger partial charge is 0.507 e. The van der Waals surface area contributed by atoms with Crippen molar-refractivity contribution < 1.29 is 54.1 Å². The Hall–Kier alpha value is -3.32. The van der Waals surface area contributed by atoms with Crippen LogP contribution in [0.15, 0.2) is 29.8 Å². The van der Waals surface area contributed by atoms with Gasteiger partial charge in [0.15, 0.2) is 17.9 Å². The second-order valence-corrected chi connectivity index (χ2v) is 11.5. The predicted octanol–water partition coefficient (Wildman–Crippen LogP) is 2.30. The molecule has 2 aromatic rings. The van der Waals surface area contributed by atoms with Crippen molar-refractivity contribution in [2.24, 2.45) is 0 Å². The number of hydrogen-bond donors (Lipinski definition) is 5. The van der Waals surface area contributed by atoms with Crippen LogP contribution in [0.1, 0.15) is 70.5 Å². The molecule has 4 aliphatic rings. The number of fused-ring (bicyclic) bond motifs is 3. The number of aryl methyl sites for hydroxylation is 1. The molecule has 0 saturated carbocycles. The highest BCUT2D eigenvalue weighted by Crippen LogP contribution is 2.47. The van der Waals surface area contributed by atoms with E-state index >= 15 is 0 Å². The molecule has 8 atom stereocenters. The second-order valence-electron chi connectivity index (χ2n) is 11.5. The van der Waals surface area contributed by atoms with Crippen molar-refractivity contribution >= 4 is 17.1 Å². The lowest BCUT2D eigenvalue weighted by atomic mass is 9.72. The third-order valence-electron chi connectivity index (χ3n) is 8.52. The van der Waals surface area contributed by atoms with E-state index in [9.17, 15) is 35.1 Å². The summed E-state index contributed by atoms with van der Waals surface area (Å²) < 4.78 is 23.7. The van der Waals surface area contributed by atoms with Crippen LogP contribution >= 0.6 is 0 Å². The Morgan fingerprint density at radius 3 is 2.33 bits per heavy atom. The van der Waals surface area contributed by atoms with E-state index in [0.29, 0.717) is 18.4 Å². The van der Waals surface area contributed by atoms with Gasteiger partial charge < -0.3 is 44.5 Å². The molecule has 0 bridgehead atoms. The summed E-state index contributed by atoms with van der Waals surface area (Å²) in [6, 6.07) is 5.79. The molecule has 2 aliphatic carbocycles. The summed E-state index contributed by atoms with van der Waals surface area (Å²) in [6.45, 7) is 5.16. The number of aromatic hydroxyl groups is 2. The van der Waals surface area contributed by atoms with Gasteiger partial charge in [-0.25, -0.2) is 0 Å². The van der Waals surface area contributed by atoms with Gasteiger partial charge in [-0.1, -0.05) is 6.07 Å². The first-order valence-electron chi connectivity index (χ1n) is 14.1. The molecule has 0 aromatic heterocycles. The number of Topliss-reactive ketones (excluding diaryl/α,β-unsaturated/α-hetero) is 2. The SMILES string of the molecule is Cc1cc(O)c2c(c1)C[C@@H](O)C1=C2C(=O)c2c(O)ccc(O[C@H]3C[C@@H](O[C@H]4CC[C@H](O)[C@H](C)O4)[C@H](O)[C@@H](C)O3)c2C1=O. The minimum absolute atomic E-state index is 0.0196. The molecule has 11 nitrogen and oxygen atoms in total. The molecule has 11 heteroatoms. The van der Waals surface area contributed by atoms with Crippen LogP contribution in [0.4, 0.5) is 0 Å². The fraction of sp³-hybridized carbons (Fsp3) is 0.484. The third-order valence-corrected chi connectivity index (χ3v) is 8.52. The third kappa shape index (κ3) is 4.80. The molecule has 2 aromatic carbocycles. The van der Waals surface area contributed by atoms with Crippen molar-refractivity contribution in [3.8, 4) is 17.2 Å². The second kappa shape index (κ2) is 10.7. The number of aliphatic hydroxyl groups is 3. The molecule has 2 aliphatic heterocycles. The van der Waals surface area contributed by atoms with Crippen molar-refractivity contribution in [3.05, 3.63) is 57.7 Å². The number of phenols is 2. The Morgan fingerprint density at radius 1 is 0.857 bits per heavy atom. The minimum Gasteiger partial charge on any atom is -0.507 e. The number of ether oxygens (including phenoxy) is 4. The summed E-state index contributed by atoms with van der Waals surface area (Å²) in [6.07, 6.45) is -5.47. The topological polar surface area (TPSA) is 172 Å². The molecule has 0 unspecified atom stereocenters. The van der Waals surface area contributed by atoms with E-state index in [1.165, 1.54) is 18.2 Å². The van der Waals surface area contributed by atoms with Crippen molar-refractivity contribution in [2.75, 3.05) is 0 Å². The number of hydrogen-bond acceptors (Lipinski definition) is 11. The van der Waals surface area contributed by atoms with E-state index in [2.05, 4.69) is 0 Å². The fourth-order valence-corrected chi connectivity index (χ4v) is 6.38. The maximum atomic E-state index is 13.9. The van der Waals surface area contributed by atoms with Crippen molar-refractivity contribution in [1.82, 2.24) is 0 Å². The zero-order valence-corrected chi connectivity index (χ0v) is 23.4. The quantitative estimate of drug-likeness (QED) is 0.358. The minimum atomic E-state index is -1.32. The van der Waals surface area contributed by atoms with Gasteiger partial charge in [0.1, 0.15) is 23.4 Å². The molecule has 224 valence electrons. The van der Waals surface area contributed by atoms with Crippen LogP contribution in [-0.4, -0.2) is 86.3 Å². The Labute approximate surface area is 241 Å². The molecule has 2 fully saturated rings. The molecular formula is C31H34O11. The van der Waals surface area contributed by atoms with E-state index in [0.717, 1.165) is 5.56 Å². The highest BCUT2D eigenvalue weighted by atomic mass is 16.7. The lowest BCUT2D eigenvalue weighted by molar-refractivity contribution is -0.286. The van der Waals surface area contributed by atoms with E-state index in [1.807, 2.05) is 0 Å². The summed E-state index contributed by atoms with van der Waals surface area (Å²) in [7, 11) is 0. The van der Waals surface area contributed by atoms with Crippen LogP contribution in [-0.2, 0) is 20.6 Å². The van der Waals surface area contributed by atoms with Gasteiger partial charge in [-0.05, 0) is 56.5 Å². The standard InChI is InChI=1S/C31H34O11/c1-12-8-15-10-19(35)26-28(24(15)18(34)9-12)31(38)25-17(33)4-6-20(27(25)30(26)37)41-23-11-21(29(36)14(3)40-23)42-22-7-5-16(32)13(2)39-22/h4,6,8-9,13-14,16,19,21-23,29,32-36H,5,7,10-11H2,1-3H3/t13-,14+,16-,19+,21+,22-,23-,29+/m0/s1. The first kappa shape index (κ1) is 28.8. The Morgan fingerprint density at radius 2 is 1.60 bits per heavy atom. The highest BCUT2D eigenvalue weighted by molar-refractivity contribution is 6.42. The summed E-state index contributed by atoms with van der Waals surface area (Å²) in [5, 5.41) is 53.2. The maximum absolute atomic E-state index is 13.9. The van der Waals surface area contributed by atoms with Gasteiger partial charge in [0.25, 0.3) is 0 Å². The smallest absolute Gasteiger partial charge is 0.202 e. The van der Waals surface area contributed by atoms with Gasteiger partial charge in [0, 0.05) is 36.0 Å². The normalized spacial score (nSPS) is 32.7. The molecule has 42 heavy (non-hydrogen) atoms.